The molecule has 9 heteroatoms. The lowest BCUT2D eigenvalue weighted by molar-refractivity contribution is -0.143. The number of carbonyl (C=O) groups excluding carboxylic acids is 1. The van der Waals surface area contributed by atoms with Gasteiger partial charge in [-0.2, -0.15) is 0 Å². The largest absolute Gasteiger partial charge is 0.483 e. The van der Waals surface area contributed by atoms with Crippen molar-refractivity contribution in [2.45, 2.75) is 52.0 Å². The number of carboxylic acid groups (broad SMARTS) is 2. The minimum atomic E-state index is -1.33. The second-order valence-electron chi connectivity index (χ2n) is 6.94. The number of hydrogen-bond acceptors (Lipinski definition) is 6. The second kappa shape index (κ2) is 10.4. The molecule has 162 valence electrons. The topological polar surface area (TPSA) is 143 Å². The SMILES string of the molecule is CCCCc1cc(=O)oc2c(C)c(OCC(=O)NC(CCC(=O)O)C(=O)O)ccc12. The quantitative estimate of drug-likeness (QED) is 0.471. The van der Waals surface area contributed by atoms with Crippen LogP contribution < -0.4 is 15.7 Å². The normalized spacial score (nSPS) is 11.8. The molecule has 0 spiro atoms. The van der Waals surface area contributed by atoms with Gasteiger partial charge in [-0.3, -0.25) is 9.59 Å². The first-order chi connectivity index (χ1) is 14.2. The molecule has 1 aromatic carbocycles. The average Bonchev–Trinajstić information content (AvgIpc) is 2.68. The predicted octanol–water partition coefficient (Wildman–Crippen LogP) is 2.26. The lowest BCUT2D eigenvalue weighted by Gasteiger charge is -2.15. The van der Waals surface area contributed by atoms with E-state index in [-0.39, 0.29) is 12.8 Å². The average molecular weight is 419 g/mol. The Hall–Kier alpha value is -3.36. The molecule has 1 atom stereocenters. The highest BCUT2D eigenvalue weighted by molar-refractivity contribution is 5.86. The maximum atomic E-state index is 12.1. The molecule has 0 aliphatic heterocycles. The van der Waals surface area contributed by atoms with Gasteiger partial charge in [0.2, 0.25) is 0 Å². The van der Waals surface area contributed by atoms with Crippen LogP contribution in [0.1, 0.15) is 43.7 Å². The van der Waals surface area contributed by atoms with Crippen molar-refractivity contribution >= 4 is 28.8 Å². The molecule has 1 amide bonds. The van der Waals surface area contributed by atoms with E-state index in [0.717, 1.165) is 30.2 Å². The van der Waals surface area contributed by atoms with Gasteiger partial charge in [0.1, 0.15) is 17.4 Å². The highest BCUT2D eigenvalue weighted by atomic mass is 16.5. The van der Waals surface area contributed by atoms with E-state index < -0.39 is 36.1 Å². The zero-order valence-corrected chi connectivity index (χ0v) is 16.9. The van der Waals surface area contributed by atoms with E-state index in [1.165, 1.54) is 6.07 Å². The van der Waals surface area contributed by atoms with Crippen LogP contribution in [0.3, 0.4) is 0 Å². The van der Waals surface area contributed by atoms with Gasteiger partial charge in [0.25, 0.3) is 5.91 Å². The first-order valence-electron chi connectivity index (χ1n) is 9.66. The van der Waals surface area contributed by atoms with E-state index in [4.69, 9.17) is 19.4 Å². The predicted molar refractivity (Wildman–Crippen MR) is 108 cm³/mol. The molecule has 1 heterocycles. The number of amides is 1. The fourth-order valence-electron chi connectivity index (χ4n) is 3.04. The van der Waals surface area contributed by atoms with Crippen molar-refractivity contribution in [3.8, 4) is 5.75 Å². The Morgan fingerprint density at radius 1 is 1.23 bits per heavy atom. The summed E-state index contributed by atoms with van der Waals surface area (Å²) in [5.41, 5.74) is 1.36. The number of aliphatic carboxylic acids is 2. The maximum absolute atomic E-state index is 12.1. The minimum Gasteiger partial charge on any atom is -0.483 e. The molecule has 2 aromatic rings. The van der Waals surface area contributed by atoms with E-state index >= 15 is 0 Å². The van der Waals surface area contributed by atoms with Gasteiger partial charge in [0, 0.05) is 23.4 Å². The number of rotatable bonds is 11. The molecule has 2 rings (SSSR count). The van der Waals surface area contributed by atoms with Crippen LogP contribution in [-0.2, 0) is 20.8 Å². The fourth-order valence-corrected chi connectivity index (χ4v) is 3.04. The maximum Gasteiger partial charge on any atom is 0.336 e. The third-order valence-electron chi connectivity index (χ3n) is 4.64. The molecule has 1 aromatic heterocycles. The third-order valence-corrected chi connectivity index (χ3v) is 4.64. The van der Waals surface area contributed by atoms with Crippen molar-refractivity contribution in [1.82, 2.24) is 5.32 Å². The number of ether oxygens (including phenoxy) is 1. The van der Waals surface area contributed by atoms with Crippen LogP contribution in [0.15, 0.2) is 27.4 Å². The summed E-state index contributed by atoms with van der Waals surface area (Å²) >= 11 is 0. The van der Waals surface area contributed by atoms with Gasteiger partial charge in [-0.1, -0.05) is 13.3 Å². The number of aryl methyl sites for hydroxylation is 2. The summed E-state index contributed by atoms with van der Waals surface area (Å²) in [4.78, 5) is 45.8. The molecular weight excluding hydrogens is 394 g/mol. The molecule has 0 saturated heterocycles. The monoisotopic (exact) mass is 419 g/mol. The van der Waals surface area contributed by atoms with Gasteiger partial charge in [-0.15, -0.1) is 0 Å². The summed E-state index contributed by atoms with van der Waals surface area (Å²) in [5, 5.41) is 20.8. The van der Waals surface area contributed by atoms with Gasteiger partial charge in [-0.25, -0.2) is 9.59 Å². The molecule has 30 heavy (non-hydrogen) atoms. The number of nitrogens with one attached hydrogen (secondary N) is 1. The Bertz CT molecular complexity index is 994. The van der Waals surface area contributed by atoms with Gasteiger partial charge in [0.05, 0.1) is 0 Å². The summed E-state index contributed by atoms with van der Waals surface area (Å²) in [5.74, 6) is -2.86. The summed E-state index contributed by atoms with van der Waals surface area (Å²) in [6.45, 7) is 3.30. The molecule has 0 radical (unpaired) electrons. The van der Waals surface area contributed by atoms with Crippen LogP contribution in [0.4, 0.5) is 0 Å². The Morgan fingerprint density at radius 3 is 2.60 bits per heavy atom. The Labute approximate surface area is 172 Å². The number of benzene rings is 1. The Morgan fingerprint density at radius 2 is 1.97 bits per heavy atom. The molecule has 0 aliphatic rings. The molecule has 0 saturated carbocycles. The van der Waals surface area contributed by atoms with E-state index in [9.17, 15) is 19.2 Å². The van der Waals surface area contributed by atoms with Crippen LogP contribution in [0, 0.1) is 6.92 Å². The highest BCUT2D eigenvalue weighted by Gasteiger charge is 2.21. The fraction of sp³-hybridized carbons (Fsp3) is 0.429. The van der Waals surface area contributed by atoms with Gasteiger partial charge in [-0.05, 0) is 43.9 Å². The molecule has 3 N–H and O–H groups in total. The van der Waals surface area contributed by atoms with Crippen LogP contribution >= 0.6 is 0 Å². The molecule has 0 fully saturated rings. The summed E-state index contributed by atoms with van der Waals surface area (Å²) < 4.78 is 10.8. The van der Waals surface area contributed by atoms with Crippen molar-refractivity contribution in [1.29, 1.82) is 0 Å². The number of carbonyl (C=O) groups is 3. The van der Waals surface area contributed by atoms with E-state index in [1.54, 1.807) is 19.1 Å². The first-order valence-corrected chi connectivity index (χ1v) is 9.66. The van der Waals surface area contributed by atoms with Gasteiger partial charge in [0.15, 0.2) is 6.61 Å². The van der Waals surface area contributed by atoms with E-state index in [0.29, 0.717) is 16.9 Å². The lowest BCUT2D eigenvalue weighted by Crippen LogP contribution is -2.43. The van der Waals surface area contributed by atoms with E-state index in [2.05, 4.69) is 12.2 Å². The zero-order chi connectivity index (χ0) is 22.3. The van der Waals surface area contributed by atoms with Crippen LogP contribution in [-0.4, -0.2) is 40.7 Å². The number of hydrogen-bond donors (Lipinski definition) is 3. The summed E-state index contributed by atoms with van der Waals surface area (Å²) in [7, 11) is 0. The molecule has 9 nitrogen and oxygen atoms in total. The van der Waals surface area contributed by atoms with E-state index in [1.807, 2.05) is 0 Å². The van der Waals surface area contributed by atoms with Gasteiger partial charge >= 0.3 is 17.6 Å². The van der Waals surface area contributed by atoms with Crippen molar-refractivity contribution in [3.05, 3.63) is 39.7 Å². The standard InChI is InChI=1S/C21H25NO8/c1-3-4-5-13-10-19(26)30-20-12(2)16(8-6-14(13)20)29-11-17(23)22-15(21(27)28)7-9-18(24)25/h6,8,10,15H,3-5,7,9,11H2,1-2H3,(H,22,23)(H,24,25)(H,27,28). The summed E-state index contributed by atoms with van der Waals surface area (Å²) in [6, 6.07) is 3.58. The molecule has 0 aliphatic carbocycles. The molecule has 1 unspecified atom stereocenters. The van der Waals surface area contributed by atoms with Crippen molar-refractivity contribution in [2.24, 2.45) is 0 Å². The third kappa shape index (κ3) is 6.07. The highest BCUT2D eigenvalue weighted by Crippen LogP contribution is 2.29. The van der Waals surface area contributed by atoms with Crippen LogP contribution in [0.5, 0.6) is 5.75 Å². The molecule has 0 bridgehead atoms. The number of carboxylic acids is 2. The smallest absolute Gasteiger partial charge is 0.336 e. The van der Waals surface area contributed by atoms with Gasteiger partial charge < -0.3 is 24.7 Å². The molecular formula is C21H25NO8. The minimum absolute atomic E-state index is 0.239. The van der Waals surface area contributed by atoms with Crippen molar-refractivity contribution in [2.75, 3.05) is 6.61 Å². The Kier molecular flexibility index (Phi) is 7.97. The summed E-state index contributed by atoms with van der Waals surface area (Å²) in [6.07, 6.45) is 2.04. The second-order valence-corrected chi connectivity index (χ2v) is 6.94. The van der Waals surface area contributed by atoms with Crippen molar-refractivity contribution in [3.63, 3.8) is 0 Å². The Balaban J connectivity index is 2.13. The number of unbranched alkanes of at least 4 members (excludes halogenated alkanes) is 1. The number of fused-ring (bicyclic) bond motifs is 1. The zero-order valence-electron chi connectivity index (χ0n) is 16.9. The lowest BCUT2D eigenvalue weighted by atomic mass is 10.0. The van der Waals surface area contributed by atoms with Crippen LogP contribution in [0.25, 0.3) is 11.0 Å². The van der Waals surface area contributed by atoms with Crippen molar-refractivity contribution < 1.29 is 33.8 Å². The van der Waals surface area contributed by atoms with Crippen LogP contribution in [0.2, 0.25) is 0 Å². The first kappa shape index (κ1) is 22.9.